The van der Waals surface area contributed by atoms with E-state index in [-0.39, 0.29) is 6.01 Å². The van der Waals surface area contributed by atoms with E-state index in [1.54, 1.807) is 24.1 Å². The number of hydrogen-bond donors (Lipinski definition) is 2. The van der Waals surface area contributed by atoms with Crippen molar-refractivity contribution in [2.75, 3.05) is 5.43 Å². The lowest BCUT2D eigenvalue weighted by molar-refractivity contribution is 0.420. The third kappa shape index (κ3) is 2.67. The Kier molecular flexibility index (Phi) is 3.15. The van der Waals surface area contributed by atoms with Crippen molar-refractivity contribution in [2.45, 2.75) is 13.3 Å². The number of hydrogen-bond acceptors (Lipinski definition) is 7. The van der Waals surface area contributed by atoms with Gasteiger partial charge in [-0.25, -0.2) is 10.8 Å². The normalized spacial score (nSPS) is 10.3. The molecule has 0 radical (unpaired) electrons. The van der Waals surface area contributed by atoms with Crippen LogP contribution >= 0.6 is 0 Å². The number of ether oxygens (including phenoxy) is 1. The molecule has 0 spiro atoms. The van der Waals surface area contributed by atoms with Gasteiger partial charge in [-0.2, -0.15) is 9.97 Å². The second kappa shape index (κ2) is 4.74. The summed E-state index contributed by atoms with van der Waals surface area (Å²) in [6, 6.07) is 1.81. The predicted molar refractivity (Wildman–Crippen MR) is 60.3 cm³/mol. The number of anilines is 1. The zero-order valence-electron chi connectivity index (χ0n) is 9.58. The molecule has 0 saturated heterocycles. The molecular formula is C9H13N7O. The fourth-order valence-corrected chi connectivity index (χ4v) is 1.22. The van der Waals surface area contributed by atoms with E-state index >= 15 is 0 Å². The van der Waals surface area contributed by atoms with Crippen molar-refractivity contribution in [3.8, 4) is 11.9 Å². The van der Waals surface area contributed by atoms with Gasteiger partial charge in [0.05, 0.1) is 0 Å². The molecule has 0 atom stereocenters. The van der Waals surface area contributed by atoms with Gasteiger partial charge in [0.15, 0.2) is 0 Å². The summed E-state index contributed by atoms with van der Waals surface area (Å²) in [5.74, 6) is 6.79. The average Bonchev–Trinajstić information content (AvgIpc) is 2.74. The van der Waals surface area contributed by atoms with Crippen LogP contribution in [-0.2, 0) is 13.5 Å². The maximum atomic E-state index is 5.39. The second-order valence-electron chi connectivity index (χ2n) is 3.31. The molecule has 3 N–H and O–H groups in total. The molecule has 0 aliphatic rings. The molecule has 8 nitrogen and oxygen atoms in total. The van der Waals surface area contributed by atoms with Crippen molar-refractivity contribution < 1.29 is 4.74 Å². The van der Waals surface area contributed by atoms with Crippen LogP contribution in [0.4, 0.5) is 5.82 Å². The third-order valence-electron chi connectivity index (χ3n) is 1.99. The fourth-order valence-electron chi connectivity index (χ4n) is 1.22. The van der Waals surface area contributed by atoms with Crippen LogP contribution in [0.3, 0.4) is 0 Å². The Bertz CT molecular complexity index is 488. The smallest absolute Gasteiger partial charge is 0.342 e. The molecule has 0 saturated carbocycles. The molecule has 0 fully saturated rings. The van der Waals surface area contributed by atoms with Crippen LogP contribution in [0.15, 0.2) is 12.4 Å². The molecule has 0 aromatic carbocycles. The highest BCUT2D eigenvalue weighted by Gasteiger charge is 2.07. The molecule has 2 aromatic heterocycles. The van der Waals surface area contributed by atoms with Gasteiger partial charge in [-0.3, -0.25) is 4.68 Å². The van der Waals surface area contributed by atoms with Crippen LogP contribution in [0.25, 0.3) is 0 Å². The van der Waals surface area contributed by atoms with Gasteiger partial charge in [0.2, 0.25) is 5.88 Å². The fraction of sp³-hybridized carbons (Fsp3) is 0.333. The summed E-state index contributed by atoms with van der Waals surface area (Å²) in [6.45, 7) is 1.94. The minimum Gasteiger partial charge on any atom is -0.404 e. The maximum absolute atomic E-state index is 5.39. The molecule has 0 aliphatic carbocycles. The van der Waals surface area contributed by atoms with E-state index < -0.39 is 0 Å². The van der Waals surface area contributed by atoms with Crippen LogP contribution in [-0.4, -0.2) is 24.7 Å². The lowest BCUT2D eigenvalue weighted by Gasteiger charge is -2.05. The van der Waals surface area contributed by atoms with E-state index in [0.29, 0.717) is 23.9 Å². The second-order valence-corrected chi connectivity index (χ2v) is 3.31. The Hall–Kier alpha value is -2.22. The number of nitrogen functional groups attached to an aromatic ring is 1. The van der Waals surface area contributed by atoms with Gasteiger partial charge < -0.3 is 10.2 Å². The Morgan fingerprint density at radius 2 is 2.29 bits per heavy atom. The molecule has 0 aliphatic heterocycles. The molecule has 2 rings (SSSR count). The quantitative estimate of drug-likeness (QED) is 0.578. The predicted octanol–water partition coefficient (Wildman–Crippen LogP) is 0.245. The summed E-state index contributed by atoms with van der Waals surface area (Å²) < 4.78 is 6.94. The number of hydrazine groups is 1. The molecule has 17 heavy (non-hydrogen) atoms. The molecule has 0 amide bonds. The number of aryl methyl sites for hydroxylation is 2. The number of nitrogens with one attached hydrogen (secondary N) is 1. The standard InChI is InChI=1S/C9H13N7O/c1-3-6-12-7(14-10)4-8(13-6)17-9-11-5-16(2)15-9/h4-5H,3,10H2,1-2H3,(H,12,13,14). The highest BCUT2D eigenvalue weighted by atomic mass is 16.5. The molecule has 2 aromatic rings. The first kappa shape index (κ1) is 11.3. The van der Waals surface area contributed by atoms with E-state index in [0.717, 1.165) is 0 Å². The van der Waals surface area contributed by atoms with Crippen molar-refractivity contribution >= 4 is 5.82 Å². The van der Waals surface area contributed by atoms with E-state index in [1.807, 2.05) is 6.92 Å². The molecule has 0 unspecified atom stereocenters. The van der Waals surface area contributed by atoms with Gasteiger partial charge in [-0.15, -0.1) is 5.10 Å². The molecule has 2 heterocycles. The third-order valence-corrected chi connectivity index (χ3v) is 1.99. The number of rotatable bonds is 4. The highest BCUT2D eigenvalue weighted by molar-refractivity contribution is 5.37. The van der Waals surface area contributed by atoms with Crippen LogP contribution in [0, 0.1) is 0 Å². The zero-order valence-corrected chi connectivity index (χ0v) is 9.58. The minimum absolute atomic E-state index is 0.233. The molecule has 8 heteroatoms. The first-order valence-corrected chi connectivity index (χ1v) is 5.09. The van der Waals surface area contributed by atoms with E-state index in [9.17, 15) is 0 Å². The van der Waals surface area contributed by atoms with Gasteiger partial charge in [0, 0.05) is 19.5 Å². The summed E-state index contributed by atoms with van der Waals surface area (Å²) >= 11 is 0. The van der Waals surface area contributed by atoms with Crippen molar-refractivity contribution in [3.63, 3.8) is 0 Å². The lowest BCUT2D eigenvalue weighted by Crippen LogP contribution is -2.10. The van der Waals surface area contributed by atoms with Gasteiger partial charge in [-0.1, -0.05) is 6.92 Å². The zero-order chi connectivity index (χ0) is 12.3. The number of nitrogens with zero attached hydrogens (tertiary/aromatic N) is 5. The topological polar surface area (TPSA) is 104 Å². The Morgan fingerprint density at radius 1 is 1.47 bits per heavy atom. The van der Waals surface area contributed by atoms with E-state index in [2.05, 4.69) is 25.5 Å². The van der Waals surface area contributed by atoms with Crippen LogP contribution in [0.1, 0.15) is 12.7 Å². The Labute approximate surface area is 97.8 Å². The average molecular weight is 235 g/mol. The molecule has 90 valence electrons. The largest absolute Gasteiger partial charge is 0.404 e. The van der Waals surface area contributed by atoms with Gasteiger partial charge in [0.25, 0.3) is 0 Å². The summed E-state index contributed by atoms with van der Waals surface area (Å²) in [4.78, 5) is 12.3. The molecular weight excluding hydrogens is 222 g/mol. The first-order valence-electron chi connectivity index (χ1n) is 5.09. The maximum Gasteiger partial charge on any atom is 0.342 e. The van der Waals surface area contributed by atoms with Crippen LogP contribution in [0.2, 0.25) is 0 Å². The lowest BCUT2D eigenvalue weighted by atomic mass is 10.4. The number of aromatic nitrogens is 5. The summed E-state index contributed by atoms with van der Waals surface area (Å²) in [5.41, 5.74) is 2.46. The van der Waals surface area contributed by atoms with Gasteiger partial charge in [-0.05, 0) is 0 Å². The highest BCUT2D eigenvalue weighted by Crippen LogP contribution is 2.17. The van der Waals surface area contributed by atoms with E-state index in [4.69, 9.17) is 10.6 Å². The van der Waals surface area contributed by atoms with Crippen molar-refractivity contribution in [3.05, 3.63) is 18.2 Å². The van der Waals surface area contributed by atoms with E-state index in [1.165, 1.54) is 0 Å². The van der Waals surface area contributed by atoms with Gasteiger partial charge in [0.1, 0.15) is 18.0 Å². The minimum atomic E-state index is 0.233. The van der Waals surface area contributed by atoms with Crippen molar-refractivity contribution in [2.24, 2.45) is 12.9 Å². The van der Waals surface area contributed by atoms with Crippen molar-refractivity contribution in [1.29, 1.82) is 0 Å². The Morgan fingerprint density at radius 3 is 2.88 bits per heavy atom. The Balaban J connectivity index is 2.25. The summed E-state index contributed by atoms with van der Waals surface area (Å²) in [6.07, 6.45) is 2.22. The summed E-state index contributed by atoms with van der Waals surface area (Å²) in [5, 5.41) is 3.99. The summed E-state index contributed by atoms with van der Waals surface area (Å²) in [7, 11) is 1.75. The van der Waals surface area contributed by atoms with Crippen molar-refractivity contribution in [1.82, 2.24) is 24.7 Å². The van der Waals surface area contributed by atoms with Crippen LogP contribution in [0.5, 0.6) is 11.9 Å². The molecule has 0 bridgehead atoms. The van der Waals surface area contributed by atoms with Crippen LogP contribution < -0.4 is 16.0 Å². The monoisotopic (exact) mass is 235 g/mol. The first-order chi connectivity index (χ1) is 8.21. The van der Waals surface area contributed by atoms with Gasteiger partial charge >= 0.3 is 6.01 Å². The number of nitrogens with two attached hydrogens (primary N) is 1. The SMILES string of the molecule is CCc1nc(NN)cc(Oc2ncn(C)n2)n1.